The molecular weight excluding hydrogens is 581 g/mol. The van der Waals surface area contributed by atoms with Gasteiger partial charge in [-0.25, -0.2) is 0 Å². The number of phenolic OH excluding ortho intramolecular Hbond substituents is 1. The van der Waals surface area contributed by atoms with Gasteiger partial charge in [0.2, 0.25) is 5.91 Å². The number of rotatable bonds is 13. The first-order valence-electron chi connectivity index (χ1n) is 15.6. The number of nitrogens with zero attached hydrogens (tertiary/aromatic N) is 2. The molecule has 4 rings (SSSR count). The fourth-order valence-corrected chi connectivity index (χ4v) is 9.96. The van der Waals surface area contributed by atoms with Crippen molar-refractivity contribution in [3.8, 4) is 5.75 Å². The largest absolute Gasteiger partial charge is 0.507 e. The maximum Gasteiger partial charge on any atom is 0.225 e. The first-order valence-corrected chi connectivity index (χ1v) is 18.6. The third-order valence-electron chi connectivity index (χ3n) is 8.75. The Labute approximate surface area is 266 Å². The Hall–Kier alpha value is -1.16. The molecule has 3 heterocycles. The van der Waals surface area contributed by atoms with Crippen molar-refractivity contribution in [1.29, 1.82) is 0 Å². The molecule has 234 valence electrons. The predicted molar refractivity (Wildman–Crippen MR) is 186 cm³/mol. The molecule has 1 amide bonds. The summed E-state index contributed by atoms with van der Waals surface area (Å²) in [6.07, 6.45) is 4.65. The van der Waals surface area contributed by atoms with Gasteiger partial charge in [-0.3, -0.25) is 20.1 Å². The smallest absolute Gasteiger partial charge is 0.225 e. The Morgan fingerprint density at radius 1 is 1.10 bits per heavy atom. The number of amides is 1. The van der Waals surface area contributed by atoms with E-state index < -0.39 is 0 Å². The number of phenols is 1. The Morgan fingerprint density at radius 3 is 2.52 bits per heavy atom. The number of carbonyl (C=O) groups is 1. The molecule has 1 saturated heterocycles. The van der Waals surface area contributed by atoms with Crippen LogP contribution in [0.4, 0.5) is 0 Å². The fraction of sp³-hybridized carbons (Fsp3) is 0.727. The van der Waals surface area contributed by atoms with E-state index in [1.165, 1.54) is 5.04 Å². The van der Waals surface area contributed by atoms with Gasteiger partial charge in [0, 0.05) is 46.2 Å². The minimum Gasteiger partial charge on any atom is -0.507 e. The van der Waals surface area contributed by atoms with Crippen LogP contribution >= 0.6 is 35.3 Å². The van der Waals surface area contributed by atoms with E-state index in [2.05, 4.69) is 58.2 Å². The summed E-state index contributed by atoms with van der Waals surface area (Å²) in [7, 11) is 0. The molecule has 4 atom stereocenters. The van der Waals surface area contributed by atoms with E-state index in [4.69, 9.17) is 9.98 Å². The highest BCUT2D eigenvalue weighted by molar-refractivity contribution is 8.15. The van der Waals surface area contributed by atoms with E-state index >= 15 is 0 Å². The van der Waals surface area contributed by atoms with Gasteiger partial charge in [0.1, 0.15) is 10.8 Å². The summed E-state index contributed by atoms with van der Waals surface area (Å²) < 4.78 is 0. The Bertz CT molecular complexity index is 1180. The average Bonchev–Trinajstić information content (AvgIpc) is 3.67. The Balaban J connectivity index is 1.25. The first kappa shape index (κ1) is 33.7. The number of aromatic hydroxyl groups is 1. The van der Waals surface area contributed by atoms with Crippen molar-refractivity contribution in [2.75, 3.05) is 23.8 Å². The minimum absolute atomic E-state index is 0.100. The van der Waals surface area contributed by atoms with Crippen molar-refractivity contribution in [2.24, 2.45) is 26.2 Å². The van der Waals surface area contributed by atoms with E-state index in [1.807, 2.05) is 49.5 Å². The van der Waals surface area contributed by atoms with Crippen LogP contribution in [0.2, 0.25) is 0 Å². The predicted octanol–water partition coefficient (Wildman–Crippen LogP) is 7.14. The minimum atomic E-state index is -0.385. The number of aliphatic imine (C=N–C) groups is 2. The molecule has 1 fully saturated rings. The van der Waals surface area contributed by atoms with Gasteiger partial charge in [-0.2, -0.15) is 0 Å². The molecule has 3 N–H and O–H groups in total. The van der Waals surface area contributed by atoms with Crippen molar-refractivity contribution >= 4 is 51.3 Å². The van der Waals surface area contributed by atoms with Gasteiger partial charge < -0.3 is 10.4 Å². The Morgan fingerprint density at radius 2 is 1.86 bits per heavy atom. The van der Waals surface area contributed by atoms with Gasteiger partial charge in [-0.1, -0.05) is 61.0 Å². The summed E-state index contributed by atoms with van der Waals surface area (Å²) in [6, 6.07) is 7.07. The lowest BCUT2D eigenvalue weighted by Crippen LogP contribution is -2.40. The molecule has 9 heteroatoms. The topological polar surface area (TPSA) is 86.1 Å². The number of nitrogens with one attached hydrogen (secondary N) is 2. The average molecular weight is 633 g/mol. The van der Waals surface area contributed by atoms with Gasteiger partial charge in [-0.05, 0) is 55.7 Å². The third-order valence-corrected chi connectivity index (χ3v) is 12.8. The second kappa shape index (κ2) is 13.9. The van der Waals surface area contributed by atoms with Crippen LogP contribution in [-0.4, -0.2) is 68.4 Å². The van der Waals surface area contributed by atoms with Gasteiger partial charge in [-0.15, -0.1) is 35.3 Å². The summed E-state index contributed by atoms with van der Waals surface area (Å²) in [5.74, 6) is 3.55. The fourth-order valence-electron chi connectivity index (χ4n) is 6.18. The summed E-state index contributed by atoms with van der Waals surface area (Å²) in [6.45, 7) is 18.2. The van der Waals surface area contributed by atoms with Gasteiger partial charge in [0.15, 0.2) is 0 Å². The number of thioether (sulfide) groups is 3. The highest BCUT2D eigenvalue weighted by Crippen LogP contribution is 2.40. The molecule has 0 saturated carbocycles. The third kappa shape index (κ3) is 8.72. The van der Waals surface area contributed by atoms with Crippen LogP contribution < -0.4 is 10.6 Å². The van der Waals surface area contributed by atoms with Gasteiger partial charge in [0.05, 0.1) is 22.5 Å². The van der Waals surface area contributed by atoms with Crippen molar-refractivity contribution < 1.29 is 9.90 Å². The number of hydrogen-bond acceptors (Lipinski definition) is 8. The summed E-state index contributed by atoms with van der Waals surface area (Å²) in [4.78, 5) is 22.7. The standard InChI is InChI=1S/C33H52N4O2S3/c1-9-31(3,4)20-33(7,8)29(39)34-14-10-11-22-12-13-24(26(38)15-22)27-37-25(19-41-27)28-36-23(18-40-28)16-32(5,6)30-35-21(2)17-42-30/h12-13,15,21,23,25,28,36,38H,9-11,14,16-20H2,1-8H3,(H,34,39). The van der Waals surface area contributed by atoms with Crippen molar-refractivity contribution in [3.05, 3.63) is 29.3 Å². The summed E-state index contributed by atoms with van der Waals surface area (Å²) >= 11 is 5.65. The maximum absolute atomic E-state index is 12.8. The van der Waals surface area contributed by atoms with E-state index in [1.54, 1.807) is 11.8 Å². The Kier molecular flexibility index (Phi) is 11.1. The zero-order chi connectivity index (χ0) is 30.7. The number of aryl methyl sites for hydroxylation is 1. The SMILES string of the molecule is CCC(C)(C)CC(C)(C)C(=O)NCCCc1ccc(C2=NC(C3NC(CC(C)(C)C4=NC(C)CS4)CS3)CS2)c(O)c1. The highest BCUT2D eigenvalue weighted by atomic mass is 32.2. The summed E-state index contributed by atoms with van der Waals surface area (Å²) in [5.41, 5.74) is 1.77. The summed E-state index contributed by atoms with van der Waals surface area (Å²) in [5, 5.41) is 20.4. The molecule has 4 unspecified atom stereocenters. The molecule has 1 aromatic carbocycles. The molecule has 6 nitrogen and oxygen atoms in total. The molecule has 42 heavy (non-hydrogen) atoms. The normalized spacial score (nSPS) is 25.0. The molecule has 3 aliphatic rings. The molecule has 0 aliphatic carbocycles. The monoisotopic (exact) mass is 632 g/mol. The molecule has 0 spiro atoms. The van der Waals surface area contributed by atoms with Crippen LogP contribution in [0.5, 0.6) is 5.75 Å². The van der Waals surface area contributed by atoms with Gasteiger partial charge >= 0.3 is 0 Å². The van der Waals surface area contributed by atoms with E-state index in [0.29, 0.717) is 29.8 Å². The lowest BCUT2D eigenvalue weighted by Gasteiger charge is -2.33. The molecule has 1 aromatic rings. The maximum atomic E-state index is 12.8. The van der Waals surface area contributed by atoms with Crippen LogP contribution in [0.1, 0.15) is 92.2 Å². The molecule has 0 bridgehead atoms. The zero-order valence-corrected chi connectivity index (χ0v) is 29.3. The molecular formula is C33H52N4O2S3. The zero-order valence-electron chi connectivity index (χ0n) is 26.9. The van der Waals surface area contributed by atoms with Crippen LogP contribution in [0.15, 0.2) is 28.2 Å². The van der Waals surface area contributed by atoms with Crippen LogP contribution in [0.3, 0.4) is 0 Å². The first-order chi connectivity index (χ1) is 19.7. The molecule has 0 radical (unpaired) electrons. The van der Waals surface area contributed by atoms with Crippen LogP contribution in [-0.2, 0) is 11.2 Å². The van der Waals surface area contributed by atoms with Crippen molar-refractivity contribution in [1.82, 2.24) is 10.6 Å². The van der Waals surface area contributed by atoms with Gasteiger partial charge in [0.25, 0.3) is 0 Å². The lowest BCUT2D eigenvalue weighted by atomic mass is 9.73. The molecule has 0 aromatic heterocycles. The second-order valence-electron chi connectivity index (χ2n) is 14.4. The number of benzene rings is 1. The van der Waals surface area contributed by atoms with Crippen LogP contribution in [0.25, 0.3) is 0 Å². The van der Waals surface area contributed by atoms with E-state index in [9.17, 15) is 9.90 Å². The second-order valence-corrected chi connectivity index (χ2v) is 17.6. The van der Waals surface area contributed by atoms with Crippen molar-refractivity contribution in [2.45, 2.75) is 111 Å². The lowest BCUT2D eigenvalue weighted by molar-refractivity contribution is -0.131. The van der Waals surface area contributed by atoms with Crippen LogP contribution in [0, 0.1) is 16.2 Å². The number of hydrogen-bond donors (Lipinski definition) is 3. The highest BCUT2D eigenvalue weighted by Gasteiger charge is 2.39. The van der Waals surface area contributed by atoms with E-state index in [-0.39, 0.29) is 28.2 Å². The quantitative estimate of drug-likeness (QED) is 0.201. The number of carbonyl (C=O) groups excluding carboxylic acids is 1. The van der Waals surface area contributed by atoms with E-state index in [0.717, 1.165) is 65.5 Å². The molecule has 3 aliphatic heterocycles. The van der Waals surface area contributed by atoms with Crippen molar-refractivity contribution in [3.63, 3.8) is 0 Å².